The van der Waals surface area contributed by atoms with E-state index in [1.54, 1.807) is 12.6 Å². The summed E-state index contributed by atoms with van der Waals surface area (Å²) in [4.78, 5) is 3.95. The van der Waals surface area contributed by atoms with Crippen molar-refractivity contribution in [3.8, 4) is 0 Å². The van der Waals surface area contributed by atoms with Crippen molar-refractivity contribution in [2.45, 2.75) is 53.9 Å². The third kappa shape index (κ3) is 6.01. The van der Waals surface area contributed by atoms with Crippen LogP contribution < -0.4 is 0 Å². The molecular weight excluding hydrogens is 266 g/mol. The van der Waals surface area contributed by atoms with E-state index in [2.05, 4.69) is 70.0 Å². The maximum Gasteiger partial charge on any atom is 0.0277 e. The molecular formula is C21H31N. The molecule has 0 fully saturated rings. The largest absolute Gasteiger partial charge is 0.297 e. The van der Waals surface area contributed by atoms with E-state index in [4.69, 9.17) is 0 Å². The molecule has 0 aromatic rings. The molecule has 1 aliphatic carbocycles. The van der Waals surface area contributed by atoms with Crippen LogP contribution in [0.3, 0.4) is 0 Å². The SMILES string of the molecule is C\N=C/C=C(C)/C=C/C=C(C)/C=C/C1=C(C)CCCC1(C)C. The van der Waals surface area contributed by atoms with E-state index < -0.39 is 0 Å². The zero-order valence-electron chi connectivity index (χ0n) is 15.1. The predicted molar refractivity (Wildman–Crippen MR) is 101 cm³/mol. The van der Waals surface area contributed by atoms with Gasteiger partial charge in [0.05, 0.1) is 0 Å². The van der Waals surface area contributed by atoms with Crippen molar-refractivity contribution in [3.05, 3.63) is 58.7 Å². The molecule has 0 amide bonds. The molecule has 120 valence electrons. The Balaban J connectivity index is 2.77. The fourth-order valence-electron chi connectivity index (χ4n) is 2.88. The highest BCUT2D eigenvalue weighted by Gasteiger charge is 2.26. The molecule has 0 aliphatic heterocycles. The average Bonchev–Trinajstić information content (AvgIpc) is 2.43. The van der Waals surface area contributed by atoms with E-state index in [1.165, 1.54) is 36.0 Å². The van der Waals surface area contributed by atoms with Crippen LogP contribution in [-0.2, 0) is 0 Å². The van der Waals surface area contributed by atoms with Crippen LogP contribution in [0.5, 0.6) is 0 Å². The summed E-state index contributed by atoms with van der Waals surface area (Å²) < 4.78 is 0. The van der Waals surface area contributed by atoms with Crippen LogP contribution in [0.1, 0.15) is 53.9 Å². The normalized spacial score (nSPS) is 20.8. The van der Waals surface area contributed by atoms with Gasteiger partial charge >= 0.3 is 0 Å². The van der Waals surface area contributed by atoms with E-state index in [1.807, 2.05) is 12.3 Å². The summed E-state index contributed by atoms with van der Waals surface area (Å²) in [5.41, 5.74) is 5.85. The number of nitrogens with zero attached hydrogens (tertiary/aromatic N) is 1. The van der Waals surface area contributed by atoms with Crippen LogP contribution in [0.15, 0.2) is 63.7 Å². The van der Waals surface area contributed by atoms with Gasteiger partial charge in [-0.3, -0.25) is 4.99 Å². The second-order valence-corrected chi connectivity index (χ2v) is 6.85. The molecule has 0 atom stereocenters. The Morgan fingerprint density at radius 3 is 2.41 bits per heavy atom. The molecule has 1 rings (SSSR count). The minimum atomic E-state index is 0.313. The summed E-state index contributed by atoms with van der Waals surface area (Å²) in [6.45, 7) is 11.2. The molecule has 0 unspecified atom stereocenters. The number of hydrogen-bond donors (Lipinski definition) is 0. The van der Waals surface area contributed by atoms with Gasteiger partial charge in [0.1, 0.15) is 0 Å². The first-order valence-electron chi connectivity index (χ1n) is 8.19. The molecule has 1 aliphatic rings. The Kier molecular flexibility index (Phi) is 7.31. The van der Waals surface area contributed by atoms with Crippen LogP contribution >= 0.6 is 0 Å². The fraction of sp³-hybridized carbons (Fsp3) is 0.476. The topological polar surface area (TPSA) is 12.4 Å². The lowest BCUT2D eigenvalue weighted by Crippen LogP contribution is -2.19. The third-order valence-corrected chi connectivity index (χ3v) is 4.26. The molecule has 0 N–H and O–H groups in total. The lowest BCUT2D eigenvalue weighted by Gasteiger charge is -2.32. The first-order valence-corrected chi connectivity index (χ1v) is 8.19. The van der Waals surface area contributed by atoms with Gasteiger partial charge in [-0.2, -0.15) is 0 Å². The highest BCUT2D eigenvalue weighted by atomic mass is 14.6. The van der Waals surface area contributed by atoms with Crippen LogP contribution in [0.25, 0.3) is 0 Å². The molecule has 0 spiro atoms. The average molecular weight is 297 g/mol. The van der Waals surface area contributed by atoms with E-state index in [9.17, 15) is 0 Å². The predicted octanol–water partition coefficient (Wildman–Crippen LogP) is 6.22. The van der Waals surface area contributed by atoms with Crippen LogP contribution in [0.4, 0.5) is 0 Å². The third-order valence-electron chi connectivity index (χ3n) is 4.26. The van der Waals surface area contributed by atoms with Gasteiger partial charge in [0.2, 0.25) is 0 Å². The Morgan fingerprint density at radius 2 is 1.77 bits per heavy atom. The van der Waals surface area contributed by atoms with Crippen molar-refractivity contribution in [1.82, 2.24) is 0 Å². The van der Waals surface area contributed by atoms with E-state index in [0.717, 1.165) is 0 Å². The minimum absolute atomic E-state index is 0.313. The van der Waals surface area contributed by atoms with Gasteiger partial charge in [-0.1, -0.05) is 55.4 Å². The van der Waals surface area contributed by atoms with Crippen molar-refractivity contribution in [2.75, 3.05) is 7.05 Å². The maximum atomic E-state index is 3.95. The van der Waals surface area contributed by atoms with Crippen molar-refractivity contribution < 1.29 is 0 Å². The maximum absolute atomic E-state index is 3.95. The first-order chi connectivity index (χ1) is 10.4. The van der Waals surface area contributed by atoms with E-state index in [-0.39, 0.29) is 0 Å². The van der Waals surface area contributed by atoms with Crippen LogP contribution in [0, 0.1) is 5.41 Å². The van der Waals surface area contributed by atoms with Gasteiger partial charge in [0.15, 0.2) is 0 Å². The summed E-state index contributed by atoms with van der Waals surface area (Å²) in [5, 5.41) is 0. The zero-order valence-corrected chi connectivity index (χ0v) is 15.1. The van der Waals surface area contributed by atoms with Crippen LogP contribution in [0.2, 0.25) is 0 Å². The number of allylic oxidation sites excluding steroid dienone is 10. The zero-order chi connectivity index (χ0) is 16.6. The molecule has 1 heteroatoms. The molecule has 0 bridgehead atoms. The second kappa shape index (κ2) is 8.73. The summed E-state index contributed by atoms with van der Waals surface area (Å²) in [6.07, 6.45) is 18.6. The minimum Gasteiger partial charge on any atom is -0.297 e. The molecule has 0 radical (unpaired) electrons. The van der Waals surface area contributed by atoms with Crippen molar-refractivity contribution in [3.63, 3.8) is 0 Å². The van der Waals surface area contributed by atoms with Crippen molar-refractivity contribution >= 4 is 6.21 Å². The van der Waals surface area contributed by atoms with E-state index >= 15 is 0 Å². The lowest BCUT2D eigenvalue weighted by molar-refractivity contribution is 0.377. The Hall–Kier alpha value is -1.63. The highest BCUT2D eigenvalue weighted by molar-refractivity contribution is 5.72. The Labute approximate surface area is 136 Å². The first kappa shape index (κ1) is 18.4. The monoisotopic (exact) mass is 297 g/mol. The van der Waals surface area contributed by atoms with Gasteiger partial charge in [0.25, 0.3) is 0 Å². The fourth-order valence-corrected chi connectivity index (χ4v) is 2.88. The Morgan fingerprint density at radius 1 is 1.09 bits per heavy atom. The van der Waals surface area contributed by atoms with Crippen molar-refractivity contribution in [1.29, 1.82) is 0 Å². The molecule has 0 saturated carbocycles. The molecule has 0 aromatic carbocycles. The lowest BCUT2D eigenvalue weighted by atomic mass is 9.72. The summed E-state index contributed by atoms with van der Waals surface area (Å²) in [7, 11) is 1.78. The van der Waals surface area contributed by atoms with Crippen molar-refractivity contribution in [2.24, 2.45) is 10.4 Å². The smallest absolute Gasteiger partial charge is 0.0277 e. The number of hydrogen-bond acceptors (Lipinski definition) is 1. The summed E-state index contributed by atoms with van der Waals surface area (Å²) >= 11 is 0. The molecule has 0 aromatic heterocycles. The Bertz CT molecular complexity index is 548. The summed E-state index contributed by atoms with van der Waals surface area (Å²) in [5.74, 6) is 0. The highest BCUT2D eigenvalue weighted by Crippen LogP contribution is 2.40. The van der Waals surface area contributed by atoms with Gasteiger partial charge < -0.3 is 0 Å². The van der Waals surface area contributed by atoms with E-state index in [0.29, 0.717) is 5.41 Å². The molecule has 22 heavy (non-hydrogen) atoms. The van der Waals surface area contributed by atoms with Gasteiger partial charge in [0, 0.05) is 13.3 Å². The van der Waals surface area contributed by atoms with Gasteiger partial charge in [-0.25, -0.2) is 0 Å². The molecule has 0 saturated heterocycles. The second-order valence-electron chi connectivity index (χ2n) is 6.85. The number of rotatable bonds is 5. The summed E-state index contributed by atoms with van der Waals surface area (Å²) in [6, 6.07) is 0. The van der Waals surface area contributed by atoms with Crippen LogP contribution in [-0.4, -0.2) is 13.3 Å². The standard InChI is InChI=1S/C21H31N/c1-17(9-7-10-18(2)14-16-22-6)12-13-20-19(3)11-8-15-21(20,4)5/h7,9-10,12-14,16H,8,11,15H2,1-6H3/b10-7+,13-12+,17-9+,18-14+,22-16-. The number of aliphatic imine (C=N–C) groups is 1. The quantitative estimate of drug-likeness (QED) is 0.422. The molecule has 0 heterocycles. The van der Waals surface area contributed by atoms with Gasteiger partial charge in [-0.15, -0.1) is 0 Å². The van der Waals surface area contributed by atoms with Gasteiger partial charge in [-0.05, 0) is 62.7 Å². The molecule has 1 nitrogen and oxygen atoms in total.